The van der Waals surface area contributed by atoms with Crippen molar-refractivity contribution in [2.24, 2.45) is 0 Å². The van der Waals surface area contributed by atoms with Crippen LogP contribution in [0.3, 0.4) is 0 Å². The summed E-state index contributed by atoms with van der Waals surface area (Å²) in [5.74, 6) is -0.410. The SMILES string of the molecule is CCN(CC(=O)NC(C)C)C(=O)c1csc(-c2ccc(Cl)s2)n1. The summed E-state index contributed by atoms with van der Waals surface area (Å²) in [6.45, 7) is 6.09. The average Bonchev–Trinajstić information content (AvgIpc) is 3.11. The molecule has 23 heavy (non-hydrogen) atoms. The monoisotopic (exact) mass is 371 g/mol. The number of amides is 2. The Kier molecular flexibility index (Phi) is 6.15. The molecule has 2 aromatic heterocycles. The molecule has 2 aromatic rings. The first-order valence-electron chi connectivity index (χ1n) is 7.20. The molecule has 1 N–H and O–H groups in total. The van der Waals surface area contributed by atoms with E-state index in [0.29, 0.717) is 16.6 Å². The number of thiophene rings is 1. The zero-order chi connectivity index (χ0) is 17.0. The molecule has 0 saturated heterocycles. The lowest BCUT2D eigenvalue weighted by atomic mass is 10.3. The fraction of sp³-hybridized carbons (Fsp3) is 0.400. The Labute approximate surface area is 148 Å². The van der Waals surface area contributed by atoms with Crippen LogP contribution >= 0.6 is 34.3 Å². The van der Waals surface area contributed by atoms with E-state index < -0.39 is 0 Å². The highest BCUT2D eigenvalue weighted by Crippen LogP contribution is 2.33. The van der Waals surface area contributed by atoms with E-state index >= 15 is 0 Å². The van der Waals surface area contributed by atoms with Crippen LogP contribution in [0.4, 0.5) is 0 Å². The largest absolute Gasteiger partial charge is 0.352 e. The molecule has 2 rings (SSSR count). The van der Waals surface area contributed by atoms with Crippen molar-refractivity contribution in [3.05, 3.63) is 27.5 Å². The zero-order valence-corrected chi connectivity index (χ0v) is 15.5. The molecule has 2 amide bonds. The summed E-state index contributed by atoms with van der Waals surface area (Å²) in [6, 6.07) is 3.73. The van der Waals surface area contributed by atoms with Crippen LogP contribution in [0.1, 0.15) is 31.3 Å². The van der Waals surface area contributed by atoms with Crippen molar-refractivity contribution in [2.45, 2.75) is 26.8 Å². The van der Waals surface area contributed by atoms with Gasteiger partial charge in [0.05, 0.1) is 15.8 Å². The van der Waals surface area contributed by atoms with E-state index in [-0.39, 0.29) is 24.4 Å². The van der Waals surface area contributed by atoms with Gasteiger partial charge in [-0.15, -0.1) is 22.7 Å². The second-order valence-corrected chi connectivity index (χ2v) is 7.76. The minimum atomic E-state index is -0.239. The predicted molar refractivity (Wildman–Crippen MR) is 95.3 cm³/mol. The van der Waals surface area contributed by atoms with Crippen molar-refractivity contribution in [1.29, 1.82) is 0 Å². The van der Waals surface area contributed by atoms with Crippen LogP contribution in [0.2, 0.25) is 4.34 Å². The second-order valence-electron chi connectivity index (χ2n) is 5.18. The van der Waals surface area contributed by atoms with Gasteiger partial charge < -0.3 is 10.2 Å². The molecule has 0 aliphatic carbocycles. The van der Waals surface area contributed by atoms with Crippen molar-refractivity contribution in [3.63, 3.8) is 0 Å². The van der Waals surface area contributed by atoms with Crippen molar-refractivity contribution >= 4 is 46.1 Å². The third-order valence-electron chi connectivity index (χ3n) is 2.96. The maximum Gasteiger partial charge on any atom is 0.273 e. The van der Waals surface area contributed by atoms with Crippen LogP contribution < -0.4 is 5.32 Å². The highest BCUT2D eigenvalue weighted by Gasteiger charge is 2.20. The van der Waals surface area contributed by atoms with Crippen LogP contribution in [0.25, 0.3) is 9.88 Å². The topological polar surface area (TPSA) is 62.3 Å². The number of thiazole rings is 1. The lowest BCUT2D eigenvalue weighted by Crippen LogP contribution is -2.42. The molecule has 0 atom stereocenters. The molecule has 0 aromatic carbocycles. The molecule has 124 valence electrons. The Balaban J connectivity index is 2.09. The van der Waals surface area contributed by atoms with Crippen molar-refractivity contribution in [1.82, 2.24) is 15.2 Å². The second kappa shape index (κ2) is 7.90. The summed E-state index contributed by atoms with van der Waals surface area (Å²) in [4.78, 5) is 31.2. The lowest BCUT2D eigenvalue weighted by Gasteiger charge is -2.20. The fourth-order valence-corrected chi connectivity index (χ4v) is 3.85. The highest BCUT2D eigenvalue weighted by molar-refractivity contribution is 7.23. The summed E-state index contributed by atoms with van der Waals surface area (Å²) < 4.78 is 0.684. The van der Waals surface area contributed by atoms with Gasteiger partial charge >= 0.3 is 0 Å². The van der Waals surface area contributed by atoms with Crippen molar-refractivity contribution in [3.8, 4) is 9.88 Å². The number of nitrogens with one attached hydrogen (secondary N) is 1. The molecule has 0 spiro atoms. The summed E-state index contributed by atoms with van der Waals surface area (Å²) in [5, 5.41) is 5.26. The van der Waals surface area contributed by atoms with E-state index in [1.165, 1.54) is 27.6 Å². The first-order valence-corrected chi connectivity index (χ1v) is 9.28. The fourth-order valence-electron chi connectivity index (χ4n) is 1.94. The van der Waals surface area contributed by atoms with Crippen molar-refractivity contribution in [2.75, 3.05) is 13.1 Å². The van der Waals surface area contributed by atoms with Crippen LogP contribution in [0.15, 0.2) is 17.5 Å². The molecule has 0 radical (unpaired) electrons. The molecule has 0 saturated carbocycles. The van der Waals surface area contributed by atoms with Gasteiger partial charge in [-0.2, -0.15) is 0 Å². The first-order chi connectivity index (χ1) is 10.9. The number of likely N-dealkylation sites (N-methyl/N-ethyl adjacent to an activating group) is 1. The smallest absolute Gasteiger partial charge is 0.273 e. The molecule has 0 bridgehead atoms. The number of rotatable bonds is 6. The molecule has 0 unspecified atom stereocenters. The maximum atomic E-state index is 12.5. The van der Waals surface area contributed by atoms with Gasteiger partial charge in [0.2, 0.25) is 5.91 Å². The number of carbonyl (C=O) groups is 2. The molecule has 2 heterocycles. The zero-order valence-electron chi connectivity index (χ0n) is 13.1. The van der Waals surface area contributed by atoms with Gasteiger partial charge in [0.25, 0.3) is 5.91 Å². The van der Waals surface area contributed by atoms with Gasteiger partial charge in [-0.05, 0) is 32.9 Å². The van der Waals surface area contributed by atoms with Gasteiger partial charge in [-0.3, -0.25) is 9.59 Å². The number of aromatic nitrogens is 1. The van der Waals surface area contributed by atoms with Gasteiger partial charge in [-0.1, -0.05) is 11.6 Å². The van der Waals surface area contributed by atoms with E-state index in [1.807, 2.05) is 26.8 Å². The number of carbonyl (C=O) groups excluding carboxylic acids is 2. The molecular formula is C15H18ClN3O2S2. The average molecular weight is 372 g/mol. The molecule has 0 fully saturated rings. The van der Waals surface area contributed by atoms with E-state index in [0.717, 1.165) is 9.88 Å². The van der Waals surface area contributed by atoms with Gasteiger partial charge in [-0.25, -0.2) is 4.98 Å². The molecule has 0 aliphatic rings. The number of halogens is 1. The molecule has 0 aliphatic heterocycles. The lowest BCUT2D eigenvalue weighted by molar-refractivity contribution is -0.122. The van der Waals surface area contributed by atoms with E-state index in [4.69, 9.17) is 11.6 Å². The number of nitrogens with zero attached hydrogens (tertiary/aromatic N) is 2. The predicted octanol–water partition coefficient (Wildman–Crippen LogP) is 3.51. The molecule has 5 nitrogen and oxygen atoms in total. The van der Waals surface area contributed by atoms with E-state index in [9.17, 15) is 9.59 Å². The van der Waals surface area contributed by atoms with Gasteiger partial charge in [0.1, 0.15) is 10.7 Å². The minimum absolute atomic E-state index is 0.0329. The van der Waals surface area contributed by atoms with Crippen LogP contribution in [0, 0.1) is 0 Å². The van der Waals surface area contributed by atoms with Gasteiger partial charge in [0.15, 0.2) is 0 Å². The number of hydrogen-bond acceptors (Lipinski definition) is 5. The first kappa shape index (κ1) is 17.9. The third-order valence-corrected chi connectivity index (χ3v) is 5.20. The van der Waals surface area contributed by atoms with Crippen molar-refractivity contribution < 1.29 is 9.59 Å². The highest BCUT2D eigenvalue weighted by atomic mass is 35.5. The third kappa shape index (κ3) is 4.76. The van der Waals surface area contributed by atoms with Gasteiger partial charge in [0, 0.05) is 18.0 Å². The Morgan fingerprint density at radius 2 is 2.13 bits per heavy atom. The van der Waals surface area contributed by atoms with E-state index in [1.54, 1.807) is 11.4 Å². The Morgan fingerprint density at radius 1 is 1.39 bits per heavy atom. The summed E-state index contributed by atoms with van der Waals surface area (Å²) in [6.07, 6.45) is 0. The van der Waals surface area contributed by atoms with E-state index in [2.05, 4.69) is 10.3 Å². The normalized spacial score (nSPS) is 10.8. The van der Waals surface area contributed by atoms with Crippen LogP contribution in [0.5, 0.6) is 0 Å². The molecular weight excluding hydrogens is 354 g/mol. The Bertz CT molecular complexity index is 696. The summed E-state index contributed by atoms with van der Waals surface area (Å²) in [5.41, 5.74) is 0.355. The van der Waals surface area contributed by atoms with Crippen LogP contribution in [-0.4, -0.2) is 40.8 Å². The Morgan fingerprint density at radius 3 is 2.70 bits per heavy atom. The quantitative estimate of drug-likeness (QED) is 0.845. The summed E-state index contributed by atoms with van der Waals surface area (Å²) >= 11 is 8.74. The Hall–Kier alpha value is -1.44. The minimum Gasteiger partial charge on any atom is -0.352 e. The standard InChI is InChI=1S/C15H18ClN3O2S2/c1-4-19(7-13(20)17-9(2)3)15(21)10-8-22-14(18-10)11-5-6-12(16)23-11/h5-6,8-9H,4,7H2,1-3H3,(H,17,20). The molecule has 8 heteroatoms. The van der Waals surface area contributed by atoms with Crippen LogP contribution in [-0.2, 0) is 4.79 Å². The number of hydrogen-bond donors (Lipinski definition) is 1. The summed E-state index contributed by atoms with van der Waals surface area (Å²) in [7, 11) is 0. The maximum absolute atomic E-state index is 12.5.